The first-order valence-corrected chi connectivity index (χ1v) is 9.22. The van der Waals surface area contributed by atoms with Crippen LogP contribution >= 0.6 is 0 Å². The Morgan fingerprint density at radius 3 is 2.96 bits per heavy atom. The molecule has 23 heavy (non-hydrogen) atoms. The monoisotopic (exact) mass is 335 g/mol. The molecule has 2 aromatic rings. The minimum atomic E-state index is -3.56. The molecule has 0 aliphatic carbocycles. The maximum atomic E-state index is 12.5. The fraction of sp³-hybridized carbons (Fsp3) is 0.438. The van der Waals surface area contributed by atoms with Crippen molar-refractivity contribution in [3.8, 4) is 5.75 Å². The van der Waals surface area contributed by atoms with E-state index in [1.807, 2.05) is 31.2 Å². The van der Waals surface area contributed by atoms with E-state index >= 15 is 0 Å². The van der Waals surface area contributed by atoms with Crippen molar-refractivity contribution in [3.05, 3.63) is 41.6 Å². The van der Waals surface area contributed by atoms with E-state index in [1.165, 1.54) is 4.68 Å². The fourth-order valence-electron chi connectivity index (χ4n) is 2.79. The van der Waals surface area contributed by atoms with Crippen molar-refractivity contribution in [2.75, 3.05) is 13.2 Å². The molecule has 1 aromatic heterocycles. The van der Waals surface area contributed by atoms with Crippen LogP contribution in [0, 0.1) is 12.8 Å². The Morgan fingerprint density at radius 1 is 1.39 bits per heavy atom. The van der Waals surface area contributed by atoms with Crippen LogP contribution in [0.3, 0.4) is 0 Å². The molecule has 1 aliphatic heterocycles. The molecule has 0 fully saturated rings. The molecule has 0 saturated carbocycles. The van der Waals surface area contributed by atoms with Crippen LogP contribution in [0.15, 0.2) is 35.4 Å². The molecular weight excluding hydrogens is 314 g/mol. The summed E-state index contributed by atoms with van der Waals surface area (Å²) in [5, 5.41) is 4.41. The highest BCUT2D eigenvalue weighted by Crippen LogP contribution is 2.26. The van der Waals surface area contributed by atoms with E-state index in [0.29, 0.717) is 25.4 Å². The van der Waals surface area contributed by atoms with Gasteiger partial charge in [-0.15, -0.1) is 0 Å². The van der Waals surface area contributed by atoms with Crippen LogP contribution in [-0.2, 0) is 23.0 Å². The van der Waals surface area contributed by atoms with E-state index in [4.69, 9.17) is 4.74 Å². The number of nitrogens with zero attached hydrogens (tertiary/aromatic N) is 2. The van der Waals surface area contributed by atoms with Gasteiger partial charge in [-0.2, -0.15) is 5.10 Å². The Bertz CT molecular complexity index is 799. The number of nitrogens with one attached hydrogen (secondary N) is 1. The van der Waals surface area contributed by atoms with Gasteiger partial charge in [0.1, 0.15) is 5.75 Å². The van der Waals surface area contributed by atoms with E-state index in [0.717, 1.165) is 17.7 Å². The predicted octanol–water partition coefficient (Wildman–Crippen LogP) is 1.74. The second-order valence-electron chi connectivity index (χ2n) is 5.78. The zero-order valence-electron chi connectivity index (χ0n) is 13.3. The molecule has 3 rings (SSSR count). The van der Waals surface area contributed by atoms with E-state index in [2.05, 4.69) is 9.82 Å². The molecule has 0 spiro atoms. The van der Waals surface area contributed by atoms with Gasteiger partial charge in [-0.25, -0.2) is 13.1 Å². The lowest BCUT2D eigenvalue weighted by molar-refractivity contribution is 0.223. The minimum Gasteiger partial charge on any atom is -0.493 e. The molecule has 6 nitrogen and oxygen atoms in total. The van der Waals surface area contributed by atoms with Crippen molar-refractivity contribution >= 4 is 10.0 Å². The highest BCUT2D eigenvalue weighted by Gasteiger charge is 2.24. The fourth-order valence-corrected chi connectivity index (χ4v) is 4.16. The second-order valence-corrected chi connectivity index (χ2v) is 7.49. The molecule has 0 amide bonds. The standard InChI is InChI=1S/C16H21N3O3S/c1-3-19-16(8-12(2)18-19)23(20,21)17-10-13-9-14-6-4-5-7-15(14)22-11-13/h4-8,13,17H,3,9-11H2,1-2H3/t13-/m1/s1. The van der Waals surface area contributed by atoms with Gasteiger partial charge in [-0.1, -0.05) is 18.2 Å². The predicted molar refractivity (Wildman–Crippen MR) is 87.0 cm³/mol. The summed E-state index contributed by atoms with van der Waals surface area (Å²) in [5.41, 5.74) is 1.82. The number of ether oxygens (including phenoxy) is 1. The third-order valence-electron chi connectivity index (χ3n) is 3.96. The summed E-state index contributed by atoms with van der Waals surface area (Å²) in [7, 11) is -3.56. The van der Waals surface area contributed by atoms with Gasteiger partial charge >= 0.3 is 0 Å². The molecule has 1 aromatic carbocycles. The van der Waals surface area contributed by atoms with Gasteiger partial charge in [-0.3, -0.25) is 4.68 Å². The molecule has 1 atom stereocenters. The number of rotatable bonds is 5. The molecule has 0 radical (unpaired) electrons. The Balaban J connectivity index is 1.68. The van der Waals surface area contributed by atoms with Gasteiger partial charge in [0, 0.05) is 19.0 Å². The van der Waals surface area contributed by atoms with Crippen molar-refractivity contribution < 1.29 is 13.2 Å². The second kappa shape index (κ2) is 6.33. The normalized spacial score (nSPS) is 17.6. The summed E-state index contributed by atoms with van der Waals surface area (Å²) in [6, 6.07) is 9.47. The van der Waals surface area contributed by atoms with Gasteiger partial charge < -0.3 is 4.74 Å². The molecule has 0 unspecified atom stereocenters. The maximum Gasteiger partial charge on any atom is 0.257 e. The third-order valence-corrected chi connectivity index (χ3v) is 5.38. The zero-order valence-corrected chi connectivity index (χ0v) is 14.1. The van der Waals surface area contributed by atoms with E-state index in [1.54, 1.807) is 13.0 Å². The largest absolute Gasteiger partial charge is 0.493 e. The Morgan fingerprint density at radius 2 is 2.17 bits per heavy atom. The quantitative estimate of drug-likeness (QED) is 0.903. The summed E-state index contributed by atoms with van der Waals surface area (Å²) in [5.74, 6) is 1.02. The molecule has 1 aliphatic rings. The molecule has 2 heterocycles. The van der Waals surface area contributed by atoms with Gasteiger partial charge in [-0.05, 0) is 38.0 Å². The number of hydrogen-bond acceptors (Lipinski definition) is 4. The first kappa shape index (κ1) is 16.0. The van der Waals surface area contributed by atoms with Crippen LogP contribution in [0.2, 0.25) is 0 Å². The van der Waals surface area contributed by atoms with Crippen molar-refractivity contribution in [1.29, 1.82) is 0 Å². The molecular formula is C16H21N3O3S. The summed E-state index contributed by atoms with van der Waals surface area (Å²) >= 11 is 0. The number of hydrogen-bond donors (Lipinski definition) is 1. The Labute approximate surface area is 136 Å². The molecule has 0 bridgehead atoms. The summed E-state index contributed by atoms with van der Waals surface area (Å²) in [4.78, 5) is 0. The number of para-hydroxylation sites is 1. The maximum absolute atomic E-state index is 12.5. The van der Waals surface area contributed by atoms with Gasteiger partial charge in [0.15, 0.2) is 5.03 Å². The van der Waals surface area contributed by atoms with Crippen molar-refractivity contribution in [3.63, 3.8) is 0 Å². The molecule has 1 N–H and O–H groups in total. The molecule has 7 heteroatoms. The number of benzene rings is 1. The van der Waals surface area contributed by atoms with Crippen LogP contribution < -0.4 is 9.46 Å². The zero-order chi connectivity index (χ0) is 16.4. The van der Waals surface area contributed by atoms with Crippen LogP contribution in [0.25, 0.3) is 0 Å². The average Bonchev–Trinajstić information content (AvgIpc) is 2.95. The summed E-state index contributed by atoms with van der Waals surface area (Å²) in [6.45, 7) is 5.05. The van der Waals surface area contributed by atoms with Crippen LogP contribution in [0.1, 0.15) is 18.2 Å². The molecule has 0 saturated heterocycles. The lowest BCUT2D eigenvalue weighted by Crippen LogP contribution is -2.35. The van der Waals surface area contributed by atoms with Crippen molar-refractivity contribution in [1.82, 2.24) is 14.5 Å². The number of fused-ring (bicyclic) bond motifs is 1. The number of aryl methyl sites for hydroxylation is 2. The topological polar surface area (TPSA) is 73.2 Å². The van der Waals surface area contributed by atoms with Gasteiger partial charge in [0.05, 0.1) is 12.3 Å². The van der Waals surface area contributed by atoms with Crippen molar-refractivity contribution in [2.24, 2.45) is 5.92 Å². The van der Waals surface area contributed by atoms with Gasteiger partial charge in [0.2, 0.25) is 0 Å². The Kier molecular flexibility index (Phi) is 4.41. The summed E-state index contributed by atoms with van der Waals surface area (Å²) < 4.78 is 34.9. The SMILES string of the molecule is CCn1nc(C)cc1S(=O)(=O)NC[C@@H]1COc2ccccc2C1. The van der Waals surface area contributed by atoms with E-state index in [-0.39, 0.29) is 10.9 Å². The van der Waals surface area contributed by atoms with E-state index in [9.17, 15) is 8.42 Å². The highest BCUT2D eigenvalue weighted by molar-refractivity contribution is 7.89. The van der Waals surface area contributed by atoms with Crippen LogP contribution in [0.4, 0.5) is 0 Å². The smallest absolute Gasteiger partial charge is 0.257 e. The number of sulfonamides is 1. The first-order chi connectivity index (χ1) is 11.0. The lowest BCUT2D eigenvalue weighted by atomic mass is 9.97. The highest BCUT2D eigenvalue weighted by atomic mass is 32.2. The van der Waals surface area contributed by atoms with Crippen molar-refractivity contribution in [2.45, 2.75) is 31.8 Å². The average molecular weight is 335 g/mol. The van der Waals surface area contributed by atoms with Gasteiger partial charge in [0.25, 0.3) is 10.0 Å². The van der Waals surface area contributed by atoms with E-state index < -0.39 is 10.0 Å². The Hall–Kier alpha value is -1.86. The summed E-state index contributed by atoms with van der Waals surface area (Å²) in [6.07, 6.45) is 0.810. The number of aromatic nitrogens is 2. The van der Waals surface area contributed by atoms with Crippen LogP contribution in [-0.4, -0.2) is 31.3 Å². The minimum absolute atomic E-state index is 0.124. The first-order valence-electron chi connectivity index (χ1n) is 7.74. The molecule has 124 valence electrons. The van der Waals surface area contributed by atoms with Crippen LogP contribution in [0.5, 0.6) is 5.75 Å². The third kappa shape index (κ3) is 3.40. The lowest BCUT2D eigenvalue weighted by Gasteiger charge is -2.25.